The third-order valence-electron chi connectivity index (χ3n) is 2.56. The van der Waals surface area contributed by atoms with Crippen LogP contribution < -0.4 is 0 Å². The third kappa shape index (κ3) is 1.97. The summed E-state index contributed by atoms with van der Waals surface area (Å²) in [4.78, 5) is 23.5. The van der Waals surface area contributed by atoms with Gasteiger partial charge in [-0.2, -0.15) is 0 Å². The van der Waals surface area contributed by atoms with E-state index < -0.39 is 18.1 Å². The van der Waals surface area contributed by atoms with Crippen molar-refractivity contribution < 1.29 is 19.4 Å². The maximum Gasteiger partial charge on any atom is 0.410 e. The molecule has 0 aromatic heterocycles. The molecule has 0 aliphatic carbocycles. The molecule has 1 saturated heterocycles. The number of carbonyl (C=O) groups is 2. The smallest absolute Gasteiger partial charge is 0.410 e. The van der Waals surface area contributed by atoms with Crippen LogP contribution in [-0.4, -0.2) is 41.3 Å². The van der Waals surface area contributed by atoms with Gasteiger partial charge in [0.25, 0.3) is 0 Å². The molecule has 0 aromatic carbocycles. The van der Waals surface area contributed by atoms with E-state index in [0.717, 1.165) is 6.42 Å². The number of carbonyl (C=O) groups excluding carboxylic acids is 1. The van der Waals surface area contributed by atoms with Crippen molar-refractivity contribution in [2.24, 2.45) is 5.92 Å². The monoisotopic (exact) mass is 201 g/mol. The molecule has 1 rings (SSSR count). The molecule has 1 amide bonds. The lowest BCUT2D eigenvalue weighted by atomic mass is 9.98. The zero-order valence-corrected chi connectivity index (χ0v) is 8.40. The van der Waals surface area contributed by atoms with Gasteiger partial charge in [-0.3, -0.25) is 4.90 Å². The molecule has 1 aliphatic heterocycles. The van der Waals surface area contributed by atoms with Gasteiger partial charge in [-0.15, -0.1) is 0 Å². The second-order valence-corrected chi connectivity index (χ2v) is 3.48. The lowest BCUT2D eigenvalue weighted by Crippen LogP contribution is -2.45. The van der Waals surface area contributed by atoms with Crippen molar-refractivity contribution in [1.82, 2.24) is 4.90 Å². The summed E-state index contributed by atoms with van der Waals surface area (Å²) in [6.07, 6.45) is 0.207. The summed E-state index contributed by atoms with van der Waals surface area (Å²) in [5.41, 5.74) is 0. The average Bonchev–Trinajstić information content (AvgIpc) is 2.52. The highest BCUT2D eigenvalue weighted by atomic mass is 16.6. The van der Waals surface area contributed by atoms with Crippen molar-refractivity contribution in [3.8, 4) is 0 Å². The highest BCUT2D eigenvalue weighted by Gasteiger charge is 2.37. The first-order valence-electron chi connectivity index (χ1n) is 4.74. The summed E-state index contributed by atoms with van der Waals surface area (Å²) in [6.45, 7) is 4.39. The van der Waals surface area contributed by atoms with Crippen LogP contribution in [0.3, 0.4) is 0 Å². The van der Waals surface area contributed by atoms with E-state index in [1.165, 1.54) is 4.90 Å². The van der Waals surface area contributed by atoms with Gasteiger partial charge < -0.3 is 9.84 Å². The summed E-state index contributed by atoms with van der Waals surface area (Å²) in [6, 6.07) is -0.755. The summed E-state index contributed by atoms with van der Waals surface area (Å²) in [7, 11) is 0. The molecule has 2 atom stereocenters. The zero-order valence-electron chi connectivity index (χ0n) is 8.40. The van der Waals surface area contributed by atoms with Crippen LogP contribution in [0.4, 0.5) is 4.79 Å². The van der Waals surface area contributed by atoms with Crippen molar-refractivity contribution in [2.45, 2.75) is 26.3 Å². The highest BCUT2D eigenvalue weighted by molar-refractivity contribution is 5.81. The predicted molar refractivity (Wildman–Crippen MR) is 48.9 cm³/mol. The molecule has 1 fully saturated rings. The van der Waals surface area contributed by atoms with E-state index in [1.54, 1.807) is 0 Å². The SMILES string of the molecule is CCC(C)C(C(=O)O)N1CCOC1=O. The van der Waals surface area contributed by atoms with E-state index in [-0.39, 0.29) is 5.92 Å². The van der Waals surface area contributed by atoms with E-state index in [9.17, 15) is 9.59 Å². The van der Waals surface area contributed by atoms with Gasteiger partial charge in [0.05, 0.1) is 6.54 Å². The topological polar surface area (TPSA) is 66.8 Å². The van der Waals surface area contributed by atoms with Crippen molar-refractivity contribution in [1.29, 1.82) is 0 Å². The van der Waals surface area contributed by atoms with Gasteiger partial charge in [-0.25, -0.2) is 9.59 Å². The quantitative estimate of drug-likeness (QED) is 0.735. The highest BCUT2D eigenvalue weighted by Crippen LogP contribution is 2.18. The largest absolute Gasteiger partial charge is 0.480 e. The van der Waals surface area contributed by atoms with Crippen molar-refractivity contribution in [2.75, 3.05) is 13.2 Å². The Hall–Kier alpha value is -1.26. The summed E-state index contributed by atoms with van der Waals surface area (Å²) in [5.74, 6) is -1.02. The minimum absolute atomic E-state index is 0.0573. The van der Waals surface area contributed by atoms with Crippen molar-refractivity contribution in [3.63, 3.8) is 0 Å². The Balaban J connectivity index is 2.76. The molecule has 0 spiro atoms. The van der Waals surface area contributed by atoms with E-state index in [2.05, 4.69) is 0 Å². The predicted octanol–water partition coefficient (Wildman–Crippen LogP) is 0.938. The van der Waals surface area contributed by atoms with Gasteiger partial charge in [0.15, 0.2) is 0 Å². The maximum absolute atomic E-state index is 11.2. The second kappa shape index (κ2) is 4.30. The van der Waals surface area contributed by atoms with Gasteiger partial charge in [-0.1, -0.05) is 20.3 Å². The maximum atomic E-state index is 11.2. The molecule has 1 heterocycles. The first kappa shape index (κ1) is 10.8. The third-order valence-corrected chi connectivity index (χ3v) is 2.56. The number of aliphatic carboxylic acids is 1. The van der Waals surface area contributed by atoms with E-state index in [0.29, 0.717) is 13.2 Å². The van der Waals surface area contributed by atoms with E-state index in [1.807, 2.05) is 13.8 Å². The Morgan fingerprint density at radius 2 is 2.36 bits per heavy atom. The fourth-order valence-corrected chi connectivity index (χ4v) is 1.57. The molecule has 14 heavy (non-hydrogen) atoms. The number of nitrogens with zero attached hydrogens (tertiary/aromatic N) is 1. The van der Waals surface area contributed by atoms with E-state index >= 15 is 0 Å². The van der Waals surface area contributed by atoms with Crippen LogP contribution in [0.2, 0.25) is 0 Å². The number of carboxylic acids is 1. The Morgan fingerprint density at radius 1 is 1.71 bits per heavy atom. The number of rotatable bonds is 4. The molecule has 2 unspecified atom stereocenters. The lowest BCUT2D eigenvalue weighted by molar-refractivity contribution is -0.143. The molecular formula is C9H15NO4. The Morgan fingerprint density at radius 3 is 2.71 bits per heavy atom. The van der Waals surface area contributed by atoms with Gasteiger partial charge in [-0.05, 0) is 5.92 Å². The van der Waals surface area contributed by atoms with Crippen LogP contribution in [0, 0.1) is 5.92 Å². The first-order valence-corrected chi connectivity index (χ1v) is 4.74. The molecule has 5 heteroatoms. The zero-order chi connectivity index (χ0) is 10.7. The van der Waals surface area contributed by atoms with E-state index in [4.69, 9.17) is 9.84 Å². The molecule has 80 valence electrons. The molecule has 0 aromatic rings. The molecular weight excluding hydrogens is 186 g/mol. The van der Waals surface area contributed by atoms with Crippen LogP contribution >= 0.6 is 0 Å². The standard InChI is InChI=1S/C9H15NO4/c1-3-6(2)7(8(11)12)10-4-5-14-9(10)13/h6-7H,3-5H2,1-2H3,(H,11,12). The fourth-order valence-electron chi connectivity index (χ4n) is 1.57. The molecule has 0 saturated carbocycles. The van der Waals surface area contributed by atoms with Gasteiger partial charge in [0.2, 0.25) is 0 Å². The summed E-state index contributed by atoms with van der Waals surface area (Å²) >= 11 is 0. The normalized spacial score (nSPS) is 20.4. The number of ether oxygens (including phenoxy) is 1. The molecule has 1 N–H and O–H groups in total. The minimum atomic E-state index is -0.960. The van der Waals surface area contributed by atoms with Gasteiger partial charge in [0, 0.05) is 0 Å². The summed E-state index contributed by atoms with van der Waals surface area (Å²) < 4.78 is 4.71. The number of carboxylic acid groups (broad SMARTS) is 1. The first-order chi connectivity index (χ1) is 6.57. The molecule has 0 radical (unpaired) electrons. The molecule has 1 aliphatic rings. The Labute approximate surface area is 82.6 Å². The fraction of sp³-hybridized carbons (Fsp3) is 0.778. The number of amides is 1. The van der Waals surface area contributed by atoms with Crippen LogP contribution in [0.25, 0.3) is 0 Å². The van der Waals surface area contributed by atoms with Gasteiger partial charge in [0.1, 0.15) is 12.6 Å². The van der Waals surface area contributed by atoms with Crippen molar-refractivity contribution >= 4 is 12.1 Å². The van der Waals surface area contributed by atoms with Crippen LogP contribution in [0.15, 0.2) is 0 Å². The van der Waals surface area contributed by atoms with Gasteiger partial charge >= 0.3 is 12.1 Å². The average molecular weight is 201 g/mol. The van der Waals surface area contributed by atoms with Crippen molar-refractivity contribution in [3.05, 3.63) is 0 Å². The number of hydrogen-bond acceptors (Lipinski definition) is 3. The summed E-state index contributed by atoms with van der Waals surface area (Å²) in [5, 5.41) is 9.00. The second-order valence-electron chi connectivity index (χ2n) is 3.48. The van der Waals surface area contributed by atoms with Crippen LogP contribution in [0.1, 0.15) is 20.3 Å². The number of hydrogen-bond donors (Lipinski definition) is 1. The molecule has 5 nitrogen and oxygen atoms in total. The van der Waals surface area contributed by atoms with Crippen LogP contribution in [0.5, 0.6) is 0 Å². The van der Waals surface area contributed by atoms with Crippen LogP contribution in [-0.2, 0) is 9.53 Å². The Bertz CT molecular complexity index is 241. The molecule has 0 bridgehead atoms. The lowest BCUT2D eigenvalue weighted by Gasteiger charge is -2.26. The minimum Gasteiger partial charge on any atom is -0.480 e. The number of cyclic esters (lactones) is 1. The Kier molecular flexibility index (Phi) is 3.33.